The lowest BCUT2D eigenvalue weighted by atomic mass is 9.88. The summed E-state index contributed by atoms with van der Waals surface area (Å²) in [4.78, 5) is 9.18. The highest BCUT2D eigenvalue weighted by atomic mass is 32.2. The Balaban J connectivity index is 1.65. The van der Waals surface area contributed by atoms with Gasteiger partial charge >= 0.3 is 0 Å². The van der Waals surface area contributed by atoms with E-state index in [9.17, 15) is 9.50 Å². The number of phenolic OH excluding ortho intramolecular Hbond substituents is 1. The number of nitrogens with zero attached hydrogens (tertiary/aromatic N) is 2. The van der Waals surface area contributed by atoms with Gasteiger partial charge in [0.25, 0.3) is 0 Å². The molecule has 1 aliphatic heterocycles. The van der Waals surface area contributed by atoms with Crippen molar-refractivity contribution in [2.45, 2.75) is 36.9 Å². The van der Waals surface area contributed by atoms with Crippen LogP contribution in [0.1, 0.15) is 37.1 Å². The second kappa shape index (κ2) is 4.95. The Morgan fingerprint density at radius 2 is 2.00 bits per heavy atom. The summed E-state index contributed by atoms with van der Waals surface area (Å²) in [5.74, 6) is -0.938. The molecule has 3 nitrogen and oxygen atoms in total. The smallest absolute Gasteiger partial charge is 0.167 e. The molecule has 1 spiro atoms. The first-order valence-electron chi connectivity index (χ1n) is 7.18. The molecule has 4 rings (SSSR count). The summed E-state index contributed by atoms with van der Waals surface area (Å²) in [5, 5.41) is 11.3. The largest absolute Gasteiger partial charge is 0.505 e. The third-order valence-corrected chi connectivity index (χ3v) is 6.87. The molecule has 6 heteroatoms. The van der Waals surface area contributed by atoms with Gasteiger partial charge in [0, 0.05) is 16.9 Å². The van der Waals surface area contributed by atoms with Crippen LogP contribution in [0.4, 0.5) is 4.39 Å². The third kappa shape index (κ3) is 2.34. The number of thiazole rings is 1. The van der Waals surface area contributed by atoms with Crippen LogP contribution in [-0.4, -0.2) is 26.4 Å². The zero-order chi connectivity index (χ0) is 14.4. The van der Waals surface area contributed by atoms with Crippen LogP contribution in [0.25, 0.3) is 10.2 Å². The van der Waals surface area contributed by atoms with E-state index in [1.807, 2.05) is 11.8 Å². The zero-order valence-corrected chi connectivity index (χ0v) is 13.1. The molecule has 110 valence electrons. The molecule has 1 N–H and O–H groups in total. The number of halogens is 1. The van der Waals surface area contributed by atoms with E-state index in [2.05, 4.69) is 4.98 Å². The number of hydrogen-bond donors (Lipinski definition) is 1. The minimum Gasteiger partial charge on any atom is -0.505 e. The van der Waals surface area contributed by atoms with Gasteiger partial charge in [0.2, 0.25) is 0 Å². The molecule has 2 aliphatic rings. The standard InChI is InChI=1S/C15H15FN2OS2/c16-9-6-10-12(7-11(9)19)20-14(18-10)13-17-8-15(21-13)4-2-1-3-5-15/h6-7,19H,1-5,8H2. The Kier molecular flexibility index (Phi) is 3.19. The first-order valence-corrected chi connectivity index (χ1v) is 8.81. The summed E-state index contributed by atoms with van der Waals surface area (Å²) >= 11 is 3.33. The van der Waals surface area contributed by atoms with Crippen molar-refractivity contribution in [3.63, 3.8) is 0 Å². The third-order valence-electron chi connectivity index (χ3n) is 4.23. The summed E-state index contributed by atoms with van der Waals surface area (Å²) in [7, 11) is 0. The molecule has 1 aromatic heterocycles. The van der Waals surface area contributed by atoms with Crippen LogP contribution in [0.2, 0.25) is 0 Å². The Hall–Kier alpha value is -1.14. The maximum absolute atomic E-state index is 13.4. The van der Waals surface area contributed by atoms with E-state index in [1.54, 1.807) is 0 Å². The number of phenols is 1. The molecule has 0 bridgehead atoms. The van der Waals surface area contributed by atoms with Crippen molar-refractivity contribution in [2.24, 2.45) is 4.99 Å². The normalized spacial score (nSPS) is 21.1. The van der Waals surface area contributed by atoms with Gasteiger partial charge in [-0.25, -0.2) is 9.37 Å². The lowest BCUT2D eigenvalue weighted by molar-refractivity contribution is 0.409. The molecule has 0 unspecified atom stereocenters. The van der Waals surface area contributed by atoms with Crippen LogP contribution >= 0.6 is 23.1 Å². The van der Waals surface area contributed by atoms with Crippen molar-refractivity contribution < 1.29 is 9.50 Å². The average Bonchev–Trinajstić information content (AvgIpc) is 3.05. The predicted octanol–water partition coefficient (Wildman–Crippen LogP) is 4.34. The molecule has 0 atom stereocenters. The van der Waals surface area contributed by atoms with E-state index >= 15 is 0 Å². The quantitative estimate of drug-likeness (QED) is 0.849. The molecule has 0 saturated heterocycles. The second-order valence-electron chi connectivity index (χ2n) is 5.76. The number of aromatic hydroxyl groups is 1. The van der Waals surface area contributed by atoms with E-state index in [4.69, 9.17) is 4.99 Å². The second-order valence-corrected chi connectivity index (χ2v) is 8.24. The molecule has 2 heterocycles. The average molecular weight is 322 g/mol. The van der Waals surface area contributed by atoms with Crippen molar-refractivity contribution >= 4 is 38.4 Å². The van der Waals surface area contributed by atoms with Gasteiger partial charge in [-0.1, -0.05) is 31.0 Å². The van der Waals surface area contributed by atoms with Crippen LogP contribution < -0.4 is 0 Å². The molecule has 1 saturated carbocycles. The number of fused-ring (bicyclic) bond motifs is 1. The van der Waals surface area contributed by atoms with Gasteiger partial charge < -0.3 is 5.11 Å². The summed E-state index contributed by atoms with van der Waals surface area (Å²) in [5.41, 5.74) is 0.596. The summed E-state index contributed by atoms with van der Waals surface area (Å²) in [6, 6.07) is 2.74. The highest BCUT2D eigenvalue weighted by Gasteiger charge is 2.39. The van der Waals surface area contributed by atoms with Gasteiger partial charge in [0.05, 0.1) is 16.8 Å². The van der Waals surface area contributed by atoms with E-state index < -0.39 is 5.82 Å². The molecule has 1 aromatic carbocycles. The van der Waals surface area contributed by atoms with Crippen molar-refractivity contribution in [3.8, 4) is 5.75 Å². The van der Waals surface area contributed by atoms with Crippen LogP contribution in [0.15, 0.2) is 17.1 Å². The fraction of sp³-hybridized carbons (Fsp3) is 0.467. The zero-order valence-electron chi connectivity index (χ0n) is 11.4. The predicted molar refractivity (Wildman–Crippen MR) is 86.1 cm³/mol. The number of rotatable bonds is 1. The number of hydrogen-bond acceptors (Lipinski definition) is 5. The minimum atomic E-state index is -0.621. The summed E-state index contributed by atoms with van der Waals surface area (Å²) in [6.45, 7) is 0.878. The first kappa shape index (κ1) is 13.5. The molecule has 0 radical (unpaired) electrons. The number of aromatic nitrogens is 1. The minimum absolute atomic E-state index is 0.277. The van der Waals surface area contributed by atoms with Gasteiger partial charge in [-0.15, -0.1) is 11.3 Å². The maximum atomic E-state index is 13.4. The number of thioether (sulfide) groups is 1. The molecule has 2 aromatic rings. The lowest BCUT2D eigenvalue weighted by Gasteiger charge is -2.31. The molecule has 21 heavy (non-hydrogen) atoms. The summed E-state index contributed by atoms with van der Waals surface area (Å²) in [6.07, 6.45) is 6.36. The van der Waals surface area contributed by atoms with Gasteiger partial charge in [0.15, 0.2) is 11.6 Å². The Morgan fingerprint density at radius 1 is 1.19 bits per heavy atom. The van der Waals surface area contributed by atoms with E-state index in [0.717, 1.165) is 21.3 Å². The van der Waals surface area contributed by atoms with Gasteiger partial charge in [0.1, 0.15) is 10.1 Å². The van der Waals surface area contributed by atoms with Crippen LogP contribution in [0.3, 0.4) is 0 Å². The Labute approximate surface area is 130 Å². The fourth-order valence-corrected chi connectivity index (χ4v) is 5.51. The van der Waals surface area contributed by atoms with Crippen molar-refractivity contribution in [3.05, 3.63) is 23.0 Å². The Bertz CT molecular complexity index is 696. The van der Waals surface area contributed by atoms with Crippen molar-refractivity contribution in [1.29, 1.82) is 0 Å². The first-order chi connectivity index (χ1) is 10.2. The highest BCUT2D eigenvalue weighted by molar-refractivity contribution is 8.16. The Morgan fingerprint density at radius 3 is 2.81 bits per heavy atom. The number of benzene rings is 1. The van der Waals surface area contributed by atoms with Crippen LogP contribution in [0, 0.1) is 5.82 Å². The van der Waals surface area contributed by atoms with Crippen molar-refractivity contribution in [2.75, 3.05) is 6.54 Å². The topological polar surface area (TPSA) is 45.5 Å². The molecular formula is C15H15FN2OS2. The molecule has 1 fully saturated rings. The van der Waals surface area contributed by atoms with E-state index in [-0.39, 0.29) is 10.5 Å². The van der Waals surface area contributed by atoms with Gasteiger partial charge in [-0.2, -0.15) is 0 Å². The van der Waals surface area contributed by atoms with Crippen molar-refractivity contribution in [1.82, 2.24) is 4.98 Å². The van der Waals surface area contributed by atoms with Crippen LogP contribution in [0.5, 0.6) is 5.75 Å². The van der Waals surface area contributed by atoms with E-state index in [0.29, 0.717) is 5.52 Å². The molecule has 1 aliphatic carbocycles. The number of aliphatic imine (C=N–C) groups is 1. The highest BCUT2D eigenvalue weighted by Crippen LogP contribution is 2.46. The van der Waals surface area contributed by atoms with Gasteiger partial charge in [-0.3, -0.25) is 4.99 Å². The molecular weight excluding hydrogens is 307 g/mol. The monoisotopic (exact) mass is 322 g/mol. The van der Waals surface area contributed by atoms with Gasteiger partial charge in [-0.05, 0) is 12.8 Å². The molecule has 0 amide bonds. The SMILES string of the molecule is Oc1cc2sc(C3=NCC4(CCCCC4)S3)nc2cc1F. The fourth-order valence-electron chi connectivity index (χ4n) is 3.08. The van der Waals surface area contributed by atoms with Crippen LogP contribution in [-0.2, 0) is 0 Å². The summed E-state index contributed by atoms with van der Waals surface area (Å²) < 4.78 is 14.5. The van der Waals surface area contributed by atoms with E-state index in [1.165, 1.54) is 55.6 Å². The lowest BCUT2D eigenvalue weighted by Crippen LogP contribution is -2.28. The maximum Gasteiger partial charge on any atom is 0.167 e.